The van der Waals surface area contributed by atoms with Crippen molar-refractivity contribution in [1.82, 2.24) is 0 Å². The number of hydrogen-bond donors (Lipinski definition) is 1. The molecule has 0 heterocycles. The van der Waals surface area contributed by atoms with Crippen LogP contribution in [0.1, 0.15) is 25.8 Å². The van der Waals surface area contributed by atoms with Crippen molar-refractivity contribution in [2.24, 2.45) is 5.92 Å². The molecular weight excluding hydrogens is 220 g/mol. The lowest BCUT2D eigenvalue weighted by molar-refractivity contribution is -0.384. The van der Waals surface area contributed by atoms with Gasteiger partial charge in [-0.25, -0.2) is 0 Å². The molecule has 0 fully saturated rings. The average molecular weight is 236 g/mol. The molecule has 1 atom stereocenters. The van der Waals surface area contributed by atoms with Crippen molar-refractivity contribution >= 4 is 17.3 Å². The van der Waals surface area contributed by atoms with Crippen LogP contribution in [0.25, 0.3) is 0 Å². The molecule has 92 valence electrons. The number of benzene rings is 1. The number of nitro groups is 1. The Kier molecular flexibility index (Phi) is 4.20. The van der Waals surface area contributed by atoms with E-state index in [0.29, 0.717) is 11.3 Å². The van der Waals surface area contributed by atoms with Gasteiger partial charge in [0.05, 0.1) is 4.92 Å². The summed E-state index contributed by atoms with van der Waals surface area (Å²) in [4.78, 5) is 21.8. The Morgan fingerprint density at radius 2 is 2.18 bits per heavy atom. The first kappa shape index (κ1) is 13.2. The number of nitrogens with zero attached hydrogens (tertiary/aromatic N) is 1. The van der Waals surface area contributed by atoms with Gasteiger partial charge in [-0.15, -0.1) is 0 Å². The van der Waals surface area contributed by atoms with Crippen LogP contribution in [0, 0.1) is 23.0 Å². The van der Waals surface area contributed by atoms with E-state index in [1.807, 2.05) is 13.8 Å². The van der Waals surface area contributed by atoms with Gasteiger partial charge in [0.1, 0.15) is 0 Å². The van der Waals surface area contributed by atoms with Crippen molar-refractivity contribution in [3.8, 4) is 0 Å². The summed E-state index contributed by atoms with van der Waals surface area (Å²) in [7, 11) is 0. The molecule has 0 saturated heterocycles. The topological polar surface area (TPSA) is 72.2 Å². The third-order valence-electron chi connectivity index (χ3n) is 2.74. The Balaban J connectivity index is 2.86. The predicted octanol–water partition coefficient (Wildman–Crippen LogP) is 2.89. The zero-order valence-electron chi connectivity index (χ0n) is 10.2. The Bertz CT molecular complexity index is 443. The summed E-state index contributed by atoms with van der Waals surface area (Å²) in [5.41, 5.74) is 1.35. The van der Waals surface area contributed by atoms with Crippen LogP contribution >= 0.6 is 0 Å². The number of non-ortho nitro benzene ring substituents is 1. The minimum absolute atomic E-state index is 0.0315. The number of amides is 1. The zero-order valence-corrected chi connectivity index (χ0v) is 10.2. The van der Waals surface area contributed by atoms with E-state index in [2.05, 4.69) is 5.32 Å². The highest BCUT2D eigenvalue weighted by Crippen LogP contribution is 2.21. The smallest absolute Gasteiger partial charge is 0.269 e. The van der Waals surface area contributed by atoms with Gasteiger partial charge in [-0.1, -0.05) is 13.8 Å². The monoisotopic (exact) mass is 236 g/mol. The number of rotatable bonds is 4. The SMILES string of the molecule is CC[C@H](C)C(=O)Nc1ccc([N+](=O)[O-])cc1C. The zero-order chi connectivity index (χ0) is 13.0. The van der Waals surface area contributed by atoms with E-state index in [0.717, 1.165) is 6.42 Å². The summed E-state index contributed by atoms with van der Waals surface area (Å²) in [6.45, 7) is 5.52. The van der Waals surface area contributed by atoms with Gasteiger partial charge < -0.3 is 5.32 Å². The molecule has 1 aromatic carbocycles. The minimum atomic E-state index is -0.451. The van der Waals surface area contributed by atoms with Gasteiger partial charge in [0.25, 0.3) is 5.69 Å². The predicted molar refractivity (Wildman–Crippen MR) is 65.9 cm³/mol. The molecule has 1 N–H and O–H groups in total. The second-order valence-corrected chi connectivity index (χ2v) is 4.05. The lowest BCUT2D eigenvalue weighted by Gasteiger charge is -2.11. The molecule has 1 rings (SSSR count). The van der Waals surface area contributed by atoms with Crippen LogP contribution in [-0.4, -0.2) is 10.8 Å². The van der Waals surface area contributed by atoms with Gasteiger partial charge >= 0.3 is 0 Å². The maximum Gasteiger partial charge on any atom is 0.269 e. The fourth-order valence-corrected chi connectivity index (χ4v) is 1.34. The van der Waals surface area contributed by atoms with Crippen LogP contribution in [0.3, 0.4) is 0 Å². The van der Waals surface area contributed by atoms with Crippen LogP contribution in [-0.2, 0) is 4.79 Å². The number of hydrogen-bond acceptors (Lipinski definition) is 3. The average Bonchev–Trinajstić information content (AvgIpc) is 2.30. The number of carbonyl (C=O) groups excluding carboxylic acids is 1. The molecule has 1 aromatic rings. The maximum atomic E-state index is 11.7. The van der Waals surface area contributed by atoms with Crippen molar-refractivity contribution in [3.63, 3.8) is 0 Å². The van der Waals surface area contributed by atoms with Gasteiger partial charge in [-0.3, -0.25) is 14.9 Å². The fraction of sp³-hybridized carbons (Fsp3) is 0.417. The van der Waals surface area contributed by atoms with Crippen molar-refractivity contribution in [1.29, 1.82) is 0 Å². The van der Waals surface area contributed by atoms with Crippen LogP contribution in [0.15, 0.2) is 18.2 Å². The Morgan fingerprint density at radius 1 is 1.53 bits per heavy atom. The molecule has 0 aliphatic carbocycles. The fourth-order valence-electron chi connectivity index (χ4n) is 1.34. The molecule has 17 heavy (non-hydrogen) atoms. The lowest BCUT2D eigenvalue weighted by atomic mass is 10.1. The van der Waals surface area contributed by atoms with Crippen molar-refractivity contribution in [2.75, 3.05) is 5.32 Å². The largest absolute Gasteiger partial charge is 0.326 e. The van der Waals surface area contributed by atoms with E-state index in [1.165, 1.54) is 12.1 Å². The number of nitro benzene ring substituents is 1. The highest BCUT2D eigenvalue weighted by atomic mass is 16.6. The van der Waals surface area contributed by atoms with Crippen LogP contribution in [0.2, 0.25) is 0 Å². The molecule has 5 heteroatoms. The van der Waals surface area contributed by atoms with Gasteiger partial charge in [0, 0.05) is 23.7 Å². The standard InChI is InChI=1S/C12H16N2O3/c1-4-8(2)12(15)13-11-6-5-10(14(16)17)7-9(11)3/h5-8H,4H2,1-3H3,(H,13,15)/t8-/m0/s1. The summed E-state index contributed by atoms with van der Waals surface area (Å²) in [6.07, 6.45) is 0.762. The molecule has 0 saturated carbocycles. The maximum absolute atomic E-state index is 11.7. The van der Waals surface area contributed by atoms with Crippen LogP contribution < -0.4 is 5.32 Å². The van der Waals surface area contributed by atoms with Crippen molar-refractivity contribution < 1.29 is 9.72 Å². The lowest BCUT2D eigenvalue weighted by Crippen LogP contribution is -2.20. The van der Waals surface area contributed by atoms with Crippen molar-refractivity contribution in [3.05, 3.63) is 33.9 Å². The Hall–Kier alpha value is -1.91. The first-order chi connectivity index (χ1) is 7.95. The van der Waals surface area contributed by atoms with E-state index >= 15 is 0 Å². The third kappa shape index (κ3) is 3.27. The van der Waals surface area contributed by atoms with Gasteiger partial charge in [-0.05, 0) is 25.0 Å². The second kappa shape index (κ2) is 5.43. The van der Waals surface area contributed by atoms with Gasteiger partial charge in [0.15, 0.2) is 0 Å². The molecule has 0 bridgehead atoms. The van der Waals surface area contributed by atoms with Gasteiger partial charge in [-0.2, -0.15) is 0 Å². The molecule has 0 aliphatic rings. The second-order valence-electron chi connectivity index (χ2n) is 4.05. The number of nitrogens with one attached hydrogen (secondary N) is 1. The quantitative estimate of drug-likeness (QED) is 0.645. The van der Waals surface area contributed by atoms with E-state index in [4.69, 9.17) is 0 Å². The summed E-state index contributed by atoms with van der Waals surface area (Å²) in [6, 6.07) is 4.40. The molecule has 5 nitrogen and oxygen atoms in total. The highest BCUT2D eigenvalue weighted by Gasteiger charge is 2.13. The molecule has 0 unspecified atom stereocenters. The van der Waals surface area contributed by atoms with Crippen LogP contribution in [0.5, 0.6) is 0 Å². The molecule has 0 spiro atoms. The number of aryl methyl sites for hydroxylation is 1. The Labute approximate surface area is 100.0 Å². The summed E-state index contributed by atoms with van der Waals surface area (Å²) >= 11 is 0. The van der Waals surface area contributed by atoms with E-state index in [-0.39, 0.29) is 17.5 Å². The van der Waals surface area contributed by atoms with Crippen molar-refractivity contribution in [2.45, 2.75) is 27.2 Å². The van der Waals surface area contributed by atoms with Crippen LogP contribution in [0.4, 0.5) is 11.4 Å². The number of carbonyl (C=O) groups is 1. The summed E-state index contributed by atoms with van der Waals surface area (Å²) < 4.78 is 0. The number of anilines is 1. The first-order valence-electron chi connectivity index (χ1n) is 5.51. The summed E-state index contributed by atoms with van der Waals surface area (Å²) in [5.74, 6) is -0.131. The molecule has 0 aliphatic heterocycles. The first-order valence-corrected chi connectivity index (χ1v) is 5.51. The molecule has 0 aromatic heterocycles. The normalized spacial score (nSPS) is 11.9. The third-order valence-corrected chi connectivity index (χ3v) is 2.74. The van der Waals surface area contributed by atoms with E-state index in [1.54, 1.807) is 13.0 Å². The van der Waals surface area contributed by atoms with Gasteiger partial charge in [0.2, 0.25) is 5.91 Å². The highest BCUT2D eigenvalue weighted by molar-refractivity contribution is 5.93. The molecule has 0 radical (unpaired) electrons. The molecular formula is C12H16N2O3. The summed E-state index contributed by atoms with van der Waals surface area (Å²) in [5, 5.41) is 13.3. The van der Waals surface area contributed by atoms with E-state index < -0.39 is 4.92 Å². The van der Waals surface area contributed by atoms with E-state index in [9.17, 15) is 14.9 Å². The Morgan fingerprint density at radius 3 is 2.65 bits per heavy atom. The minimum Gasteiger partial charge on any atom is -0.326 e. The molecule has 1 amide bonds.